The summed E-state index contributed by atoms with van der Waals surface area (Å²) in [7, 11) is 1.77. The van der Waals surface area contributed by atoms with Crippen molar-refractivity contribution in [1.29, 1.82) is 0 Å². The monoisotopic (exact) mass is 284 g/mol. The fourth-order valence-electron chi connectivity index (χ4n) is 2.26. The molecule has 0 radical (unpaired) electrons. The summed E-state index contributed by atoms with van der Waals surface area (Å²) in [5.74, 6) is 0.790. The number of nitrogens with zero attached hydrogens (tertiary/aromatic N) is 5. The highest BCUT2D eigenvalue weighted by molar-refractivity contribution is 5.72. The first-order valence-corrected chi connectivity index (χ1v) is 6.75. The quantitative estimate of drug-likeness (QED) is 0.773. The molecule has 0 saturated carbocycles. The highest BCUT2D eigenvalue weighted by atomic mass is 16.1. The number of hydrogen-bond acceptors (Lipinski definition) is 5. The molecule has 1 N–H and O–H groups in total. The smallest absolute Gasteiger partial charge is 0.264 e. The predicted octanol–water partition coefficient (Wildman–Crippen LogP) is 1.01. The number of nitrogens with one attached hydrogen (secondary N) is 1. The standard InChI is InChI=1S/C14H16N6O/c1-3-15-12-10(5-4-6-16-12)8-20-9-17-13-11(14(20)21)7-18-19(13)2/h4-7,9H,3,8H2,1-2H3,(H,15,16). The molecule has 3 aromatic rings. The van der Waals surface area contributed by atoms with Gasteiger partial charge in [-0.1, -0.05) is 6.07 Å². The number of aromatic nitrogens is 5. The Kier molecular flexibility index (Phi) is 3.39. The number of rotatable bonds is 4. The van der Waals surface area contributed by atoms with Crippen molar-refractivity contribution >= 4 is 16.9 Å². The molecule has 21 heavy (non-hydrogen) atoms. The van der Waals surface area contributed by atoms with E-state index in [4.69, 9.17) is 0 Å². The number of pyridine rings is 1. The van der Waals surface area contributed by atoms with Gasteiger partial charge in [0.05, 0.1) is 12.7 Å². The summed E-state index contributed by atoms with van der Waals surface area (Å²) in [5, 5.41) is 7.78. The molecule has 0 aliphatic rings. The summed E-state index contributed by atoms with van der Waals surface area (Å²) in [5.41, 5.74) is 1.44. The molecular weight excluding hydrogens is 268 g/mol. The van der Waals surface area contributed by atoms with Gasteiger partial charge in [-0.3, -0.25) is 14.0 Å². The molecule has 7 heteroatoms. The summed E-state index contributed by atoms with van der Waals surface area (Å²) >= 11 is 0. The molecule has 0 aliphatic carbocycles. The molecule has 7 nitrogen and oxygen atoms in total. The maximum atomic E-state index is 12.4. The van der Waals surface area contributed by atoms with E-state index < -0.39 is 0 Å². The second-order valence-electron chi connectivity index (χ2n) is 4.72. The summed E-state index contributed by atoms with van der Waals surface area (Å²) in [4.78, 5) is 21.0. The third-order valence-corrected chi connectivity index (χ3v) is 3.29. The molecule has 0 spiro atoms. The second-order valence-corrected chi connectivity index (χ2v) is 4.72. The zero-order valence-corrected chi connectivity index (χ0v) is 11.9. The third kappa shape index (κ3) is 2.37. The molecule has 0 aliphatic heterocycles. The van der Waals surface area contributed by atoms with Crippen molar-refractivity contribution in [3.05, 3.63) is 46.8 Å². The Morgan fingerprint density at radius 2 is 2.19 bits per heavy atom. The number of aryl methyl sites for hydroxylation is 1. The van der Waals surface area contributed by atoms with Gasteiger partial charge in [-0.25, -0.2) is 9.97 Å². The van der Waals surface area contributed by atoms with E-state index in [-0.39, 0.29) is 5.56 Å². The van der Waals surface area contributed by atoms with E-state index in [1.807, 2.05) is 19.1 Å². The highest BCUT2D eigenvalue weighted by Crippen LogP contribution is 2.12. The number of hydrogen-bond donors (Lipinski definition) is 1. The normalized spacial score (nSPS) is 11.0. The Hall–Kier alpha value is -2.70. The van der Waals surface area contributed by atoms with E-state index in [9.17, 15) is 4.79 Å². The molecule has 0 amide bonds. The molecule has 0 fully saturated rings. The van der Waals surface area contributed by atoms with Gasteiger partial charge in [-0.05, 0) is 13.0 Å². The van der Waals surface area contributed by atoms with Crippen LogP contribution >= 0.6 is 0 Å². The largest absolute Gasteiger partial charge is 0.370 e. The van der Waals surface area contributed by atoms with E-state index in [0.717, 1.165) is 17.9 Å². The van der Waals surface area contributed by atoms with E-state index in [0.29, 0.717) is 17.6 Å². The summed E-state index contributed by atoms with van der Waals surface area (Å²) < 4.78 is 3.16. The average Bonchev–Trinajstić information content (AvgIpc) is 2.86. The van der Waals surface area contributed by atoms with Crippen LogP contribution in [0.25, 0.3) is 11.0 Å². The van der Waals surface area contributed by atoms with Crippen molar-refractivity contribution in [3.63, 3.8) is 0 Å². The molecule has 0 bridgehead atoms. The molecule has 108 valence electrons. The van der Waals surface area contributed by atoms with Gasteiger partial charge in [0.2, 0.25) is 0 Å². The first kappa shape index (κ1) is 13.3. The highest BCUT2D eigenvalue weighted by Gasteiger charge is 2.10. The molecule has 0 unspecified atom stereocenters. The van der Waals surface area contributed by atoms with Crippen molar-refractivity contribution in [2.45, 2.75) is 13.5 Å². The molecule has 0 saturated heterocycles. The fraction of sp³-hybridized carbons (Fsp3) is 0.286. The first-order valence-electron chi connectivity index (χ1n) is 6.75. The fourth-order valence-corrected chi connectivity index (χ4v) is 2.26. The van der Waals surface area contributed by atoms with Crippen LogP contribution in [0.5, 0.6) is 0 Å². The van der Waals surface area contributed by atoms with Gasteiger partial charge >= 0.3 is 0 Å². The molecule has 3 heterocycles. The van der Waals surface area contributed by atoms with E-state index in [2.05, 4.69) is 20.4 Å². The van der Waals surface area contributed by atoms with Crippen molar-refractivity contribution in [2.75, 3.05) is 11.9 Å². The van der Waals surface area contributed by atoms with Crippen molar-refractivity contribution in [2.24, 2.45) is 7.05 Å². The lowest BCUT2D eigenvalue weighted by Gasteiger charge is -2.10. The van der Waals surface area contributed by atoms with Gasteiger partial charge in [0.15, 0.2) is 5.65 Å². The van der Waals surface area contributed by atoms with E-state index in [1.54, 1.807) is 35.0 Å². The number of fused-ring (bicyclic) bond motifs is 1. The van der Waals surface area contributed by atoms with Crippen molar-refractivity contribution in [3.8, 4) is 0 Å². The van der Waals surface area contributed by atoms with Crippen LogP contribution in [-0.2, 0) is 13.6 Å². The van der Waals surface area contributed by atoms with Crippen LogP contribution in [0.15, 0.2) is 35.6 Å². The zero-order valence-electron chi connectivity index (χ0n) is 11.9. The van der Waals surface area contributed by atoms with Crippen molar-refractivity contribution < 1.29 is 0 Å². The molecule has 3 rings (SSSR count). The lowest BCUT2D eigenvalue weighted by Crippen LogP contribution is -2.21. The molecule has 0 aromatic carbocycles. The zero-order chi connectivity index (χ0) is 14.8. The van der Waals surface area contributed by atoms with Crippen LogP contribution in [0.4, 0.5) is 5.82 Å². The van der Waals surface area contributed by atoms with Crippen LogP contribution in [0.3, 0.4) is 0 Å². The molecule has 3 aromatic heterocycles. The van der Waals surface area contributed by atoms with Crippen LogP contribution in [0.2, 0.25) is 0 Å². The first-order chi connectivity index (χ1) is 10.2. The van der Waals surface area contributed by atoms with Crippen LogP contribution in [0.1, 0.15) is 12.5 Å². The summed E-state index contributed by atoms with van der Waals surface area (Å²) in [6.07, 6.45) is 4.83. The topological polar surface area (TPSA) is 77.6 Å². The van der Waals surface area contributed by atoms with Crippen LogP contribution < -0.4 is 10.9 Å². The molecule has 0 atom stereocenters. The van der Waals surface area contributed by atoms with Crippen molar-refractivity contribution in [1.82, 2.24) is 24.3 Å². The minimum atomic E-state index is -0.0978. The second kappa shape index (κ2) is 5.35. The Balaban J connectivity index is 2.03. The minimum Gasteiger partial charge on any atom is -0.370 e. The minimum absolute atomic E-state index is 0.0978. The van der Waals surface area contributed by atoms with Gasteiger partial charge in [-0.15, -0.1) is 0 Å². The molecular formula is C14H16N6O. The summed E-state index contributed by atoms with van der Waals surface area (Å²) in [6, 6.07) is 3.81. The third-order valence-electron chi connectivity index (χ3n) is 3.29. The van der Waals surface area contributed by atoms with E-state index in [1.165, 1.54) is 0 Å². The van der Waals surface area contributed by atoms with Gasteiger partial charge in [0, 0.05) is 25.4 Å². The maximum Gasteiger partial charge on any atom is 0.264 e. The average molecular weight is 284 g/mol. The Labute approximate surface area is 121 Å². The van der Waals surface area contributed by atoms with Crippen LogP contribution in [-0.4, -0.2) is 30.9 Å². The van der Waals surface area contributed by atoms with E-state index >= 15 is 0 Å². The Morgan fingerprint density at radius 1 is 1.33 bits per heavy atom. The SMILES string of the molecule is CCNc1ncccc1Cn1cnc2c(cnn2C)c1=O. The number of anilines is 1. The maximum absolute atomic E-state index is 12.4. The van der Waals surface area contributed by atoms with Gasteiger partial charge in [0.1, 0.15) is 17.5 Å². The lowest BCUT2D eigenvalue weighted by molar-refractivity contribution is 0.736. The van der Waals surface area contributed by atoms with Gasteiger partial charge < -0.3 is 5.32 Å². The Bertz CT molecular complexity index is 835. The Morgan fingerprint density at radius 3 is 3.00 bits per heavy atom. The predicted molar refractivity (Wildman–Crippen MR) is 80.3 cm³/mol. The van der Waals surface area contributed by atoms with Gasteiger partial charge in [-0.2, -0.15) is 5.10 Å². The van der Waals surface area contributed by atoms with Crippen LogP contribution in [0, 0.1) is 0 Å². The van der Waals surface area contributed by atoms with Gasteiger partial charge in [0.25, 0.3) is 5.56 Å². The lowest BCUT2D eigenvalue weighted by atomic mass is 10.2. The summed E-state index contributed by atoms with van der Waals surface area (Å²) in [6.45, 7) is 3.21.